The van der Waals surface area contributed by atoms with Crippen molar-refractivity contribution in [3.8, 4) is 11.5 Å². The molecule has 30 heavy (non-hydrogen) atoms. The van der Waals surface area contributed by atoms with Crippen molar-refractivity contribution in [2.75, 3.05) is 0 Å². The maximum Gasteiger partial charge on any atom is 0.261 e. The first-order valence-corrected chi connectivity index (χ1v) is 10.6. The Morgan fingerprint density at radius 2 is 1.90 bits per heavy atom. The summed E-state index contributed by atoms with van der Waals surface area (Å²) >= 11 is 0. The molecule has 0 bridgehead atoms. The van der Waals surface area contributed by atoms with Gasteiger partial charge in [-0.05, 0) is 56.2 Å². The summed E-state index contributed by atoms with van der Waals surface area (Å²) in [6, 6.07) is 20.1. The van der Waals surface area contributed by atoms with Crippen LogP contribution < -0.4 is 14.8 Å². The largest absolute Gasteiger partial charge is 0.487 e. The maximum absolute atomic E-state index is 13.1. The first-order chi connectivity index (χ1) is 14.3. The molecule has 0 spiro atoms. The zero-order valence-corrected chi connectivity index (χ0v) is 18.1. The first kappa shape index (κ1) is 20.3. The van der Waals surface area contributed by atoms with E-state index in [9.17, 15) is 4.79 Å². The Morgan fingerprint density at radius 1 is 1.13 bits per heavy atom. The number of aryl methyl sites for hydroxylation is 1. The number of rotatable bonds is 5. The first-order valence-electron chi connectivity index (χ1n) is 10.6. The van der Waals surface area contributed by atoms with Gasteiger partial charge in [0.15, 0.2) is 6.10 Å². The highest BCUT2D eigenvalue weighted by atomic mass is 16.5. The number of benzene rings is 3. The quantitative estimate of drug-likeness (QED) is 0.592. The topological polar surface area (TPSA) is 47.6 Å². The van der Waals surface area contributed by atoms with Crippen molar-refractivity contribution in [3.63, 3.8) is 0 Å². The molecule has 2 atom stereocenters. The highest BCUT2D eigenvalue weighted by molar-refractivity contribution is 5.84. The monoisotopic (exact) mass is 403 g/mol. The third kappa shape index (κ3) is 4.28. The van der Waals surface area contributed by atoms with Gasteiger partial charge in [-0.3, -0.25) is 4.79 Å². The Morgan fingerprint density at radius 3 is 2.67 bits per heavy atom. The van der Waals surface area contributed by atoms with Crippen LogP contribution in [-0.4, -0.2) is 17.6 Å². The highest BCUT2D eigenvalue weighted by Gasteiger charge is 2.35. The van der Waals surface area contributed by atoms with Gasteiger partial charge in [0.05, 0.1) is 6.04 Å². The lowest BCUT2D eigenvalue weighted by molar-refractivity contribution is -0.129. The fraction of sp³-hybridized carbons (Fsp3) is 0.346. The number of hydrogen-bond donors (Lipinski definition) is 1. The molecule has 0 saturated heterocycles. The summed E-state index contributed by atoms with van der Waals surface area (Å²) in [5, 5.41) is 5.47. The minimum absolute atomic E-state index is 0.0965. The number of hydrogen-bond acceptors (Lipinski definition) is 3. The fourth-order valence-electron chi connectivity index (χ4n) is 4.09. The Labute approximate surface area is 178 Å². The van der Waals surface area contributed by atoms with Crippen LogP contribution in [0.15, 0.2) is 60.7 Å². The molecule has 3 aromatic rings. The number of fused-ring (bicyclic) bond motifs is 2. The second-order valence-corrected chi connectivity index (χ2v) is 8.69. The summed E-state index contributed by atoms with van der Waals surface area (Å²) in [5.41, 5.74) is 1.83. The molecule has 3 aromatic carbocycles. The van der Waals surface area contributed by atoms with Crippen molar-refractivity contribution in [2.45, 2.75) is 58.3 Å². The van der Waals surface area contributed by atoms with E-state index in [0.717, 1.165) is 27.6 Å². The van der Waals surface area contributed by atoms with Crippen molar-refractivity contribution < 1.29 is 14.3 Å². The zero-order chi connectivity index (χ0) is 21.3. The molecule has 0 radical (unpaired) electrons. The molecule has 4 rings (SSSR count). The van der Waals surface area contributed by atoms with E-state index in [1.807, 2.05) is 55.5 Å². The lowest BCUT2D eigenvalue weighted by Crippen LogP contribution is -2.45. The predicted molar refractivity (Wildman–Crippen MR) is 120 cm³/mol. The van der Waals surface area contributed by atoms with Crippen molar-refractivity contribution >= 4 is 16.7 Å². The van der Waals surface area contributed by atoms with Crippen LogP contribution in [0.1, 0.15) is 50.8 Å². The SMILES string of the molecule is CC[C@H](Oc1ccc2ccccc2c1)C(=O)N[C@H]1CC(C)(C)Oc2ccc(C)cc21. The van der Waals surface area contributed by atoms with Crippen LogP contribution in [0.2, 0.25) is 0 Å². The summed E-state index contributed by atoms with van der Waals surface area (Å²) in [6.45, 7) is 8.13. The van der Waals surface area contributed by atoms with Crippen LogP contribution in [0.5, 0.6) is 11.5 Å². The predicted octanol–water partition coefficient (Wildman–Crippen LogP) is 5.72. The average Bonchev–Trinajstić information content (AvgIpc) is 2.71. The molecule has 4 heteroatoms. The number of carbonyl (C=O) groups is 1. The van der Waals surface area contributed by atoms with Gasteiger partial charge in [-0.1, -0.05) is 55.0 Å². The van der Waals surface area contributed by atoms with Crippen molar-refractivity contribution in [1.29, 1.82) is 0 Å². The van der Waals surface area contributed by atoms with E-state index in [2.05, 4.69) is 38.2 Å². The molecule has 0 saturated carbocycles. The van der Waals surface area contributed by atoms with Gasteiger partial charge in [0, 0.05) is 12.0 Å². The second-order valence-electron chi connectivity index (χ2n) is 8.69. The standard InChI is InChI=1S/C26H29NO3/c1-5-23(29-20-12-11-18-8-6-7-9-19(18)15-20)25(28)27-22-16-26(3,4)30-24-13-10-17(2)14-21(22)24/h6-15,22-23H,5,16H2,1-4H3,(H,27,28)/t22-,23-/m0/s1. The molecule has 4 nitrogen and oxygen atoms in total. The molecule has 1 aliphatic heterocycles. The smallest absolute Gasteiger partial charge is 0.261 e. The molecular weight excluding hydrogens is 374 g/mol. The Balaban J connectivity index is 1.53. The van der Waals surface area contributed by atoms with E-state index >= 15 is 0 Å². The molecular formula is C26H29NO3. The van der Waals surface area contributed by atoms with E-state index in [-0.39, 0.29) is 17.6 Å². The number of carbonyl (C=O) groups excluding carboxylic acids is 1. The van der Waals surface area contributed by atoms with Gasteiger partial charge in [0.2, 0.25) is 0 Å². The number of nitrogens with one attached hydrogen (secondary N) is 1. The maximum atomic E-state index is 13.1. The lowest BCUT2D eigenvalue weighted by Gasteiger charge is -2.38. The Kier molecular flexibility index (Phi) is 5.42. The van der Waals surface area contributed by atoms with Crippen LogP contribution in [0, 0.1) is 6.92 Å². The van der Waals surface area contributed by atoms with Gasteiger partial charge in [-0.2, -0.15) is 0 Å². The molecule has 1 N–H and O–H groups in total. The van der Waals surface area contributed by atoms with Gasteiger partial charge in [0.1, 0.15) is 17.1 Å². The van der Waals surface area contributed by atoms with Gasteiger partial charge < -0.3 is 14.8 Å². The number of ether oxygens (including phenoxy) is 2. The zero-order valence-electron chi connectivity index (χ0n) is 18.1. The van der Waals surface area contributed by atoms with E-state index < -0.39 is 6.10 Å². The molecule has 1 amide bonds. The minimum Gasteiger partial charge on any atom is -0.487 e. The van der Waals surface area contributed by atoms with Crippen molar-refractivity contribution in [2.24, 2.45) is 0 Å². The molecule has 0 fully saturated rings. The number of amides is 1. The molecule has 1 aliphatic rings. The summed E-state index contributed by atoms with van der Waals surface area (Å²) in [4.78, 5) is 13.1. The van der Waals surface area contributed by atoms with Crippen molar-refractivity contribution in [1.82, 2.24) is 5.32 Å². The Hall–Kier alpha value is -3.01. The molecule has 0 aromatic heterocycles. The minimum atomic E-state index is -0.551. The summed E-state index contributed by atoms with van der Waals surface area (Å²) in [5.74, 6) is 1.45. The van der Waals surface area contributed by atoms with Crippen LogP contribution in [-0.2, 0) is 4.79 Å². The van der Waals surface area contributed by atoms with Crippen LogP contribution in [0.4, 0.5) is 0 Å². The molecule has 0 unspecified atom stereocenters. The van der Waals surface area contributed by atoms with Crippen LogP contribution >= 0.6 is 0 Å². The van der Waals surface area contributed by atoms with E-state index in [1.165, 1.54) is 0 Å². The van der Waals surface area contributed by atoms with Gasteiger partial charge in [-0.15, -0.1) is 0 Å². The lowest BCUT2D eigenvalue weighted by atomic mass is 9.88. The third-order valence-electron chi connectivity index (χ3n) is 5.60. The van der Waals surface area contributed by atoms with Crippen molar-refractivity contribution in [3.05, 3.63) is 71.8 Å². The van der Waals surface area contributed by atoms with Gasteiger partial charge >= 0.3 is 0 Å². The third-order valence-corrected chi connectivity index (χ3v) is 5.60. The van der Waals surface area contributed by atoms with E-state index in [0.29, 0.717) is 18.6 Å². The summed E-state index contributed by atoms with van der Waals surface area (Å²) < 4.78 is 12.2. The summed E-state index contributed by atoms with van der Waals surface area (Å²) in [6.07, 6.45) is 0.749. The normalized spacial score (nSPS) is 18.2. The average molecular weight is 404 g/mol. The van der Waals surface area contributed by atoms with Gasteiger partial charge in [0.25, 0.3) is 5.91 Å². The Bertz CT molecular complexity index is 1070. The molecule has 1 heterocycles. The van der Waals surface area contributed by atoms with Crippen LogP contribution in [0.25, 0.3) is 10.8 Å². The van der Waals surface area contributed by atoms with E-state index in [1.54, 1.807) is 0 Å². The molecule has 156 valence electrons. The fourth-order valence-corrected chi connectivity index (χ4v) is 4.09. The second kappa shape index (κ2) is 8.02. The van der Waals surface area contributed by atoms with E-state index in [4.69, 9.17) is 9.47 Å². The van der Waals surface area contributed by atoms with Crippen LogP contribution in [0.3, 0.4) is 0 Å². The molecule has 0 aliphatic carbocycles. The summed E-state index contributed by atoms with van der Waals surface area (Å²) in [7, 11) is 0. The van der Waals surface area contributed by atoms with Gasteiger partial charge in [-0.25, -0.2) is 0 Å². The highest BCUT2D eigenvalue weighted by Crippen LogP contribution is 2.40.